The Morgan fingerprint density at radius 3 is 2.35 bits per heavy atom. The number of aromatic hydroxyl groups is 1. The number of rotatable bonds is 11. The van der Waals surface area contributed by atoms with Crippen molar-refractivity contribution in [3.8, 4) is 5.75 Å². The largest absolute Gasteiger partial charge is 0.510 e. The molecule has 0 saturated heterocycles. The van der Waals surface area contributed by atoms with Gasteiger partial charge in [-0.2, -0.15) is 21.6 Å². The molecule has 0 bridgehead atoms. The number of likely N-dealkylation sites (N-methyl/N-ethyl adjacent to an activating group) is 1. The van der Waals surface area contributed by atoms with Crippen LogP contribution in [0.25, 0.3) is 0 Å². The van der Waals surface area contributed by atoms with Gasteiger partial charge in [0.15, 0.2) is 10.7 Å². The van der Waals surface area contributed by atoms with Crippen LogP contribution in [0.5, 0.6) is 5.75 Å². The van der Waals surface area contributed by atoms with E-state index in [1.54, 1.807) is 37.3 Å². The molecule has 9 nitrogen and oxygen atoms in total. The van der Waals surface area contributed by atoms with Crippen LogP contribution in [0.15, 0.2) is 83.3 Å². The molecule has 0 unspecified atom stereocenters. The number of aromatic nitrogens is 1. The number of phenolic OH excluding ortho intramolecular Hbond substituents is 1. The smallest absolute Gasteiger partial charge is 0.417 e. The molecule has 1 aliphatic rings. The lowest BCUT2D eigenvalue weighted by atomic mass is 9.84. The van der Waals surface area contributed by atoms with Crippen LogP contribution in [0.1, 0.15) is 50.7 Å². The summed E-state index contributed by atoms with van der Waals surface area (Å²) < 4.78 is 72.5. The zero-order valence-electron chi connectivity index (χ0n) is 23.6. The summed E-state index contributed by atoms with van der Waals surface area (Å²) >= 11 is 0. The Morgan fingerprint density at radius 2 is 1.77 bits per heavy atom. The summed E-state index contributed by atoms with van der Waals surface area (Å²) in [7, 11) is -4.34. The van der Waals surface area contributed by atoms with Gasteiger partial charge in [0.2, 0.25) is 0 Å². The zero-order valence-corrected chi connectivity index (χ0v) is 24.4. The maximum Gasteiger partial charge on any atom is 0.417 e. The predicted octanol–water partition coefficient (Wildman–Crippen LogP) is 6.32. The number of benzene rings is 2. The minimum absolute atomic E-state index is 0.0659. The summed E-state index contributed by atoms with van der Waals surface area (Å²) in [4.78, 5) is 18.4. The van der Waals surface area contributed by atoms with Gasteiger partial charge in [-0.15, -0.1) is 0 Å². The number of halogens is 3. The number of carbonyl (C=O) groups is 1. The van der Waals surface area contributed by atoms with Gasteiger partial charge in [-0.05, 0) is 74.2 Å². The minimum Gasteiger partial charge on any atom is -0.510 e. The van der Waals surface area contributed by atoms with Crippen LogP contribution in [0.4, 0.5) is 24.5 Å². The first kappa shape index (κ1) is 31.7. The molecule has 0 spiro atoms. The topological polar surface area (TPSA) is 129 Å². The number of aryl methyl sites for hydroxylation is 1. The van der Waals surface area contributed by atoms with E-state index in [1.807, 2.05) is 6.92 Å². The van der Waals surface area contributed by atoms with Crippen LogP contribution in [0, 0.1) is 0 Å². The zero-order chi connectivity index (χ0) is 31.4. The van der Waals surface area contributed by atoms with Gasteiger partial charge in [0, 0.05) is 24.8 Å². The molecular formula is C30H32F3N3O6S. The number of aliphatic hydroxyl groups excluding tert-OH is 1. The minimum atomic E-state index is -4.66. The average Bonchev–Trinajstić information content (AvgIpc) is 2.94. The summed E-state index contributed by atoms with van der Waals surface area (Å²) in [6.07, 6.45) is -1.89. The summed E-state index contributed by atoms with van der Waals surface area (Å²) in [5.41, 5.74) is -0.696. The maximum atomic E-state index is 13.4. The molecule has 3 N–H and O–H groups in total. The first-order valence-electron chi connectivity index (χ1n) is 13.6. The molecule has 1 aliphatic heterocycles. The molecule has 0 amide bonds. The molecule has 4 rings (SSSR count). The highest BCUT2D eigenvalue weighted by Crippen LogP contribution is 2.39. The predicted molar refractivity (Wildman–Crippen MR) is 154 cm³/mol. The summed E-state index contributed by atoms with van der Waals surface area (Å²) in [5, 5.41) is 20.1. The molecule has 230 valence electrons. The Balaban J connectivity index is 1.56. The molecule has 0 fully saturated rings. The van der Waals surface area contributed by atoms with E-state index in [0.717, 1.165) is 11.6 Å². The van der Waals surface area contributed by atoms with Gasteiger partial charge in [-0.25, -0.2) is 9.78 Å². The maximum absolute atomic E-state index is 13.4. The van der Waals surface area contributed by atoms with Crippen molar-refractivity contribution >= 4 is 27.4 Å². The van der Waals surface area contributed by atoms with E-state index in [9.17, 15) is 36.6 Å². The number of nitrogens with one attached hydrogen (secondary N) is 1. The first-order chi connectivity index (χ1) is 20.3. The van der Waals surface area contributed by atoms with E-state index >= 15 is 0 Å². The number of hydrogen-bond donors (Lipinski definition) is 3. The Labute approximate surface area is 247 Å². The lowest BCUT2D eigenvalue weighted by molar-refractivity contribution is -0.160. The molecule has 0 aliphatic carbocycles. The second kappa shape index (κ2) is 12.5. The van der Waals surface area contributed by atoms with E-state index < -0.39 is 38.4 Å². The third-order valence-corrected chi connectivity index (χ3v) is 8.41. The quantitative estimate of drug-likeness (QED) is 0.213. The van der Waals surface area contributed by atoms with E-state index in [4.69, 9.17) is 4.74 Å². The summed E-state index contributed by atoms with van der Waals surface area (Å²) in [6.45, 7) is 3.92. The monoisotopic (exact) mass is 619 g/mol. The number of phenols is 1. The Bertz CT molecular complexity index is 1590. The number of carbonyl (C=O) groups excluding carboxylic acids is 1. The Hall–Kier alpha value is -4.26. The average molecular weight is 620 g/mol. The SMILES string of the molecule is CCC[C@]1(CCc2ccc(O)cc2)CC(O)=C(N(CC)c2cccc(NS(=O)(=O)c3ccc(C(F)(F)F)cn3)c2)C(=O)O1. The summed E-state index contributed by atoms with van der Waals surface area (Å²) in [6, 6.07) is 14.1. The number of alkyl halides is 3. The fraction of sp³-hybridized carbons (Fsp3) is 0.333. The fourth-order valence-corrected chi connectivity index (χ4v) is 6.05. The highest BCUT2D eigenvalue weighted by molar-refractivity contribution is 7.92. The van der Waals surface area contributed by atoms with Gasteiger partial charge in [-0.3, -0.25) is 4.72 Å². The molecule has 43 heavy (non-hydrogen) atoms. The lowest BCUT2D eigenvalue weighted by Gasteiger charge is -2.39. The first-order valence-corrected chi connectivity index (χ1v) is 15.1. The van der Waals surface area contributed by atoms with Crippen LogP contribution in [0.3, 0.4) is 0 Å². The second-order valence-corrected chi connectivity index (χ2v) is 11.9. The van der Waals surface area contributed by atoms with Crippen LogP contribution in [-0.4, -0.2) is 41.7 Å². The number of aliphatic hydroxyl groups is 1. The van der Waals surface area contributed by atoms with Gasteiger partial charge < -0.3 is 19.8 Å². The fourth-order valence-electron chi connectivity index (χ4n) is 5.07. The number of esters is 1. The van der Waals surface area contributed by atoms with Crippen molar-refractivity contribution < 1.29 is 41.3 Å². The number of nitrogens with zero attached hydrogens (tertiary/aromatic N) is 2. The van der Waals surface area contributed by atoms with Crippen molar-refractivity contribution in [2.45, 2.75) is 62.8 Å². The van der Waals surface area contributed by atoms with Crippen LogP contribution >= 0.6 is 0 Å². The molecule has 1 aromatic heterocycles. The van der Waals surface area contributed by atoms with Gasteiger partial charge in [-0.1, -0.05) is 31.5 Å². The molecule has 3 aromatic rings. The van der Waals surface area contributed by atoms with Gasteiger partial charge in [0.05, 0.1) is 11.3 Å². The molecule has 0 saturated carbocycles. The molecule has 1 atom stereocenters. The number of sulfonamides is 1. The van der Waals surface area contributed by atoms with Gasteiger partial charge in [0.25, 0.3) is 10.0 Å². The second-order valence-electron chi connectivity index (χ2n) is 10.2. The molecule has 13 heteroatoms. The van der Waals surface area contributed by atoms with E-state index in [1.165, 1.54) is 23.1 Å². The van der Waals surface area contributed by atoms with Crippen LogP contribution in [-0.2, 0) is 32.2 Å². The number of pyridine rings is 1. The number of cyclic esters (lactones) is 1. The van der Waals surface area contributed by atoms with Crippen molar-refractivity contribution in [2.24, 2.45) is 0 Å². The van der Waals surface area contributed by atoms with E-state index in [2.05, 4.69) is 9.71 Å². The number of hydrogen-bond acceptors (Lipinski definition) is 8. The molecule has 2 heterocycles. The normalized spacial score (nSPS) is 17.5. The molecular weight excluding hydrogens is 587 g/mol. The third kappa shape index (κ3) is 7.39. The van der Waals surface area contributed by atoms with Crippen molar-refractivity contribution in [1.82, 2.24) is 4.98 Å². The van der Waals surface area contributed by atoms with E-state index in [0.29, 0.717) is 43.6 Å². The Kier molecular flexibility index (Phi) is 9.24. The lowest BCUT2D eigenvalue weighted by Crippen LogP contribution is -2.44. The summed E-state index contributed by atoms with van der Waals surface area (Å²) in [5.74, 6) is -0.726. The highest BCUT2D eigenvalue weighted by atomic mass is 32.2. The molecule has 2 aromatic carbocycles. The van der Waals surface area contributed by atoms with Gasteiger partial charge >= 0.3 is 12.1 Å². The number of anilines is 2. The number of ether oxygens (including phenoxy) is 1. The van der Waals surface area contributed by atoms with Crippen molar-refractivity contribution in [2.75, 3.05) is 16.2 Å². The highest BCUT2D eigenvalue weighted by Gasteiger charge is 2.43. The Morgan fingerprint density at radius 1 is 1.05 bits per heavy atom. The van der Waals surface area contributed by atoms with Crippen molar-refractivity contribution in [3.63, 3.8) is 0 Å². The van der Waals surface area contributed by atoms with Gasteiger partial charge in [0.1, 0.15) is 17.1 Å². The van der Waals surface area contributed by atoms with E-state index in [-0.39, 0.29) is 35.9 Å². The van der Waals surface area contributed by atoms with Crippen LogP contribution < -0.4 is 9.62 Å². The van der Waals surface area contributed by atoms with Crippen molar-refractivity contribution in [1.29, 1.82) is 0 Å². The molecule has 0 radical (unpaired) electrons. The van der Waals surface area contributed by atoms with Crippen molar-refractivity contribution in [3.05, 3.63) is 89.4 Å². The third-order valence-electron chi connectivity index (χ3n) is 7.11. The standard InChI is InChI=1S/C30H32F3N3O6S/c1-3-15-29(16-14-20-8-11-24(37)12-9-20)18-25(38)27(28(39)42-29)36(4-2)23-7-5-6-22(17-23)35-43(40,41)26-13-10-21(19-34-26)30(31,32)33/h5-13,17,19,35,37-38H,3-4,14-16,18H2,1-2H3/t29-/m0/s1. The van der Waals surface area contributed by atoms with Crippen LogP contribution in [0.2, 0.25) is 0 Å².